The minimum absolute atomic E-state index is 0.00177. The van der Waals surface area contributed by atoms with Crippen molar-refractivity contribution in [2.24, 2.45) is 0 Å². The van der Waals surface area contributed by atoms with E-state index in [2.05, 4.69) is 5.10 Å². The van der Waals surface area contributed by atoms with Gasteiger partial charge in [0.2, 0.25) is 0 Å². The third-order valence-electron chi connectivity index (χ3n) is 4.42. The van der Waals surface area contributed by atoms with Crippen molar-refractivity contribution in [1.82, 2.24) is 9.78 Å². The van der Waals surface area contributed by atoms with Crippen LogP contribution in [0.15, 0.2) is 60.7 Å². The molecule has 0 spiro atoms. The minimum Gasteiger partial charge on any atom is -0.294 e. The summed E-state index contributed by atoms with van der Waals surface area (Å²) in [6, 6.07) is 18.1. The highest BCUT2D eigenvalue weighted by atomic mass is 16.6. The van der Waals surface area contributed by atoms with Crippen LogP contribution in [0.3, 0.4) is 0 Å². The molecule has 26 heavy (non-hydrogen) atoms. The molecule has 3 aromatic rings. The van der Waals surface area contributed by atoms with Gasteiger partial charge in [-0.3, -0.25) is 19.6 Å². The number of nitrogens with zero attached hydrogens (tertiary/aromatic N) is 3. The maximum Gasteiger partial charge on any atom is 0.312 e. The van der Waals surface area contributed by atoms with E-state index in [9.17, 15) is 14.9 Å². The van der Waals surface area contributed by atoms with Crippen LogP contribution in [0.2, 0.25) is 0 Å². The Morgan fingerprint density at radius 1 is 1.08 bits per heavy atom. The van der Waals surface area contributed by atoms with Crippen molar-refractivity contribution >= 4 is 11.5 Å². The Bertz CT molecular complexity index is 934. The predicted molar refractivity (Wildman–Crippen MR) is 98.3 cm³/mol. The first kappa shape index (κ1) is 17.5. The molecule has 0 N–H and O–H groups in total. The van der Waals surface area contributed by atoms with E-state index in [1.165, 1.54) is 0 Å². The molecule has 0 aliphatic heterocycles. The molecule has 0 aliphatic carbocycles. The monoisotopic (exact) mass is 349 g/mol. The lowest BCUT2D eigenvalue weighted by Crippen LogP contribution is -2.18. The number of aryl methyl sites for hydroxylation is 1. The number of benzene rings is 2. The van der Waals surface area contributed by atoms with Gasteiger partial charge in [0.1, 0.15) is 11.4 Å². The first-order valence-corrected chi connectivity index (χ1v) is 8.32. The standard InChI is InChI=1S/C20H19N3O3/c1-14-20(23(25)26)15(2)22(21-14)18(16-9-5-3-6-10-16)13-19(24)17-11-7-4-8-12-17/h3-12,18H,13H2,1-2H3. The molecule has 3 rings (SSSR count). The van der Waals surface area contributed by atoms with Crippen molar-refractivity contribution in [3.63, 3.8) is 0 Å². The molecule has 1 atom stereocenters. The normalized spacial score (nSPS) is 11.9. The molecule has 1 unspecified atom stereocenters. The highest BCUT2D eigenvalue weighted by Crippen LogP contribution is 2.30. The number of aromatic nitrogens is 2. The van der Waals surface area contributed by atoms with Crippen LogP contribution in [0, 0.1) is 24.0 Å². The number of rotatable bonds is 6. The number of hydrogen-bond acceptors (Lipinski definition) is 4. The molecule has 6 heteroatoms. The summed E-state index contributed by atoms with van der Waals surface area (Å²) in [6.45, 7) is 3.28. The lowest BCUT2D eigenvalue weighted by Gasteiger charge is -2.19. The summed E-state index contributed by atoms with van der Waals surface area (Å²) < 4.78 is 1.60. The third kappa shape index (κ3) is 3.39. The molecular formula is C20H19N3O3. The molecule has 1 heterocycles. The zero-order valence-corrected chi connectivity index (χ0v) is 14.6. The lowest BCUT2D eigenvalue weighted by molar-refractivity contribution is -0.386. The van der Waals surface area contributed by atoms with E-state index < -0.39 is 11.0 Å². The van der Waals surface area contributed by atoms with Crippen molar-refractivity contribution in [1.29, 1.82) is 0 Å². The van der Waals surface area contributed by atoms with Crippen LogP contribution in [0.4, 0.5) is 5.69 Å². The number of ketones is 1. The molecule has 0 saturated heterocycles. The second kappa shape index (κ2) is 7.31. The first-order valence-electron chi connectivity index (χ1n) is 8.32. The van der Waals surface area contributed by atoms with Crippen molar-refractivity contribution in [2.45, 2.75) is 26.3 Å². The van der Waals surface area contributed by atoms with Crippen molar-refractivity contribution in [3.05, 3.63) is 93.3 Å². The average molecular weight is 349 g/mol. The number of carbonyl (C=O) groups is 1. The SMILES string of the molecule is Cc1nn(C(CC(=O)c2ccccc2)c2ccccc2)c(C)c1[N+](=O)[O-]. The largest absolute Gasteiger partial charge is 0.312 e. The minimum atomic E-state index is -0.421. The van der Waals surface area contributed by atoms with E-state index in [4.69, 9.17) is 0 Å². The first-order chi connectivity index (χ1) is 12.5. The maximum atomic E-state index is 12.8. The molecule has 0 bridgehead atoms. The summed E-state index contributed by atoms with van der Waals surface area (Å²) in [7, 11) is 0. The van der Waals surface area contributed by atoms with Crippen LogP contribution in [-0.2, 0) is 0 Å². The van der Waals surface area contributed by atoms with E-state index in [0.29, 0.717) is 17.0 Å². The molecule has 1 aromatic heterocycles. The summed E-state index contributed by atoms with van der Waals surface area (Å²) in [6.07, 6.45) is 0.174. The lowest BCUT2D eigenvalue weighted by atomic mass is 9.98. The van der Waals surface area contributed by atoms with Gasteiger partial charge < -0.3 is 0 Å². The molecule has 0 amide bonds. The molecular weight excluding hydrogens is 330 g/mol. The van der Waals surface area contributed by atoms with Crippen LogP contribution in [0.5, 0.6) is 0 Å². The summed E-state index contributed by atoms with van der Waals surface area (Å²) >= 11 is 0. The third-order valence-corrected chi connectivity index (χ3v) is 4.42. The highest BCUT2D eigenvalue weighted by Gasteiger charge is 2.28. The average Bonchev–Trinajstić information content (AvgIpc) is 2.95. The van der Waals surface area contributed by atoms with Gasteiger partial charge in [-0.1, -0.05) is 60.7 Å². The molecule has 0 radical (unpaired) electrons. The highest BCUT2D eigenvalue weighted by molar-refractivity contribution is 5.96. The Morgan fingerprint density at radius 2 is 1.65 bits per heavy atom. The summed E-state index contributed by atoms with van der Waals surface area (Å²) in [5.74, 6) is -0.0327. The van der Waals surface area contributed by atoms with Gasteiger partial charge >= 0.3 is 5.69 Å². The van der Waals surface area contributed by atoms with Gasteiger partial charge in [-0.2, -0.15) is 5.10 Å². The van der Waals surface area contributed by atoms with E-state index in [1.807, 2.05) is 48.5 Å². The van der Waals surface area contributed by atoms with Crippen molar-refractivity contribution < 1.29 is 9.72 Å². The fourth-order valence-electron chi connectivity index (χ4n) is 3.16. The molecule has 0 saturated carbocycles. The molecule has 2 aromatic carbocycles. The quantitative estimate of drug-likeness (QED) is 0.378. The van der Waals surface area contributed by atoms with Crippen LogP contribution in [0.25, 0.3) is 0 Å². The number of hydrogen-bond donors (Lipinski definition) is 0. The second-order valence-electron chi connectivity index (χ2n) is 6.14. The van der Waals surface area contributed by atoms with Crippen molar-refractivity contribution in [2.75, 3.05) is 0 Å². The Labute approximate surface area is 151 Å². The maximum absolute atomic E-state index is 12.8. The van der Waals surface area contributed by atoms with Crippen LogP contribution < -0.4 is 0 Å². The predicted octanol–water partition coefficient (Wildman–Crippen LogP) is 4.27. The Balaban J connectivity index is 2.04. The zero-order chi connectivity index (χ0) is 18.7. The van der Waals surface area contributed by atoms with E-state index in [-0.39, 0.29) is 17.9 Å². The van der Waals surface area contributed by atoms with Gasteiger partial charge in [-0.05, 0) is 19.4 Å². The van der Waals surface area contributed by atoms with Gasteiger partial charge in [-0.15, -0.1) is 0 Å². The van der Waals surface area contributed by atoms with Gasteiger partial charge in [0.05, 0.1) is 11.0 Å². The van der Waals surface area contributed by atoms with Crippen LogP contribution in [0.1, 0.15) is 39.8 Å². The topological polar surface area (TPSA) is 78.0 Å². The fraction of sp³-hybridized carbons (Fsp3) is 0.200. The fourth-order valence-corrected chi connectivity index (χ4v) is 3.16. The summed E-state index contributed by atoms with van der Waals surface area (Å²) in [5, 5.41) is 15.7. The zero-order valence-electron chi connectivity index (χ0n) is 14.6. The molecule has 0 aliphatic rings. The Kier molecular flexibility index (Phi) is 4.93. The van der Waals surface area contributed by atoms with E-state index in [1.54, 1.807) is 30.7 Å². The van der Waals surface area contributed by atoms with E-state index in [0.717, 1.165) is 5.56 Å². The molecule has 0 fully saturated rings. The van der Waals surface area contributed by atoms with E-state index >= 15 is 0 Å². The number of carbonyl (C=O) groups excluding carboxylic acids is 1. The van der Waals surface area contributed by atoms with Crippen molar-refractivity contribution in [3.8, 4) is 0 Å². The Hall–Kier alpha value is -3.28. The summed E-state index contributed by atoms with van der Waals surface area (Å²) in [4.78, 5) is 23.7. The van der Waals surface area contributed by atoms with Gasteiger partial charge in [0, 0.05) is 12.0 Å². The van der Waals surface area contributed by atoms with Crippen LogP contribution >= 0.6 is 0 Å². The number of nitro groups is 1. The molecule has 6 nitrogen and oxygen atoms in total. The second-order valence-corrected chi connectivity index (χ2v) is 6.14. The van der Waals surface area contributed by atoms with Gasteiger partial charge in [0.25, 0.3) is 0 Å². The summed E-state index contributed by atoms with van der Waals surface area (Å²) in [5.41, 5.74) is 2.29. The van der Waals surface area contributed by atoms with Gasteiger partial charge in [-0.25, -0.2) is 0 Å². The van der Waals surface area contributed by atoms with Gasteiger partial charge in [0.15, 0.2) is 5.78 Å². The molecule has 132 valence electrons. The smallest absolute Gasteiger partial charge is 0.294 e. The Morgan fingerprint density at radius 3 is 2.19 bits per heavy atom. The number of Topliss-reactive ketones (excluding diaryl/α,β-unsaturated/α-hetero) is 1. The van der Waals surface area contributed by atoms with Crippen LogP contribution in [-0.4, -0.2) is 20.5 Å².